The van der Waals surface area contributed by atoms with E-state index >= 15 is 0 Å². The minimum atomic E-state index is -0.140. The van der Waals surface area contributed by atoms with E-state index in [0.717, 1.165) is 38.0 Å². The van der Waals surface area contributed by atoms with Crippen LogP contribution in [-0.2, 0) is 6.54 Å². The van der Waals surface area contributed by atoms with Crippen LogP contribution in [-0.4, -0.2) is 41.3 Å². The lowest BCUT2D eigenvalue weighted by Gasteiger charge is -2.29. The van der Waals surface area contributed by atoms with Crippen molar-refractivity contribution in [1.29, 1.82) is 0 Å². The molecular formula is C14H20N2O2S. The highest BCUT2D eigenvalue weighted by Crippen LogP contribution is 2.21. The fourth-order valence-corrected chi connectivity index (χ4v) is 2.54. The summed E-state index contributed by atoms with van der Waals surface area (Å²) in [6.45, 7) is 2.71. The minimum absolute atomic E-state index is 0.140. The molecule has 0 spiro atoms. The Labute approximate surface area is 119 Å². The Morgan fingerprint density at radius 1 is 1.47 bits per heavy atom. The summed E-state index contributed by atoms with van der Waals surface area (Å²) < 4.78 is 5.25. The number of likely N-dealkylation sites (tertiary alicyclic amines) is 1. The Bertz CT molecular complexity index is 457. The number of thiocarbonyl (C=S) groups is 1. The second-order valence-corrected chi connectivity index (χ2v) is 5.35. The number of hydrogen-bond acceptors (Lipinski definition) is 4. The summed E-state index contributed by atoms with van der Waals surface area (Å²) in [5.41, 5.74) is 7.67. The molecule has 1 aliphatic rings. The predicted octanol–water partition coefficient (Wildman–Crippen LogP) is 1.29. The van der Waals surface area contributed by atoms with E-state index in [0.29, 0.717) is 10.7 Å². The molecule has 19 heavy (non-hydrogen) atoms. The standard InChI is InChI=1S/C14H20N2O2S/c1-18-13-3-2-10(8-12(13)14(15)19)9-16-6-4-11(17)5-7-16/h2-3,8,11,17H,4-7,9H2,1H3,(H2,15,19). The van der Waals surface area contributed by atoms with Crippen molar-refractivity contribution in [2.45, 2.75) is 25.5 Å². The molecule has 0 aromatic heterocycles. The molecular weight excluding hydrogens is 260 g/mol. The minimum Gasteiger partial charge on any atom is -0.496 e. The van der Waals surface area contributed by atoms with Gasteiger partial charge < -0.3 is 15.6 Å². The Kier molecular flexibility index (Phi) is 4.74. The van der Waals surface area contributed by atoms with Crippen LogP contribution in [0.5, 0.6) is 5.75 Å². The molecule has 1 fully saturated rings. The Balaban J connectivity index is 2.08. The predicted molar refractivity (Wildman–Crippen MR) is 79.4 cm³/mol. The summed E-state index contributed by atoms with van der Waals surface area (Å²) in [4.78, 5) is 2.69. The number of hydrogen-bond donors (Lipinski definition) is 2. The SMILES string of the molecule is COc1ccc(CN2CCC(O)CC2)cc1C(N)=S. The number of piperidine rings is 1. The molecule has 1 heterocycles. The quantitative estimate of drug-likeness (QED) is 0.814. The largest absolute Gasteiger partial charge is 0.496 e. The fraction of sp³-hybridized carbons (Fsp3) is 0.500. The second-order valence-electron chi connectivity index (χ2n) is 4.91. The van der Waals surface area contributed by atoms with Crippen LogP contribution in [0, 0.1) is 0 Å². The van der Waals surface area contributed by atoms with Crippen molar-refractivity contribution in [2.24, 2.45) is 5.73 Å². The number of aliphatic hydroxyl groups is 1. The van der Waals surface area contributed by atoms with E-state index in [1.165, 1.54) is 5.56 Å². The second kappa shape index (κ2) is 6.32. The summed E-state index contributed by atoms with van der Waals surface area (Å²) in [6.07, 6.45) is 1.55. The van der Waals surface area contributed by atoms with Crippen molar-refractivity contribution in [3.05, 3.63) is 29.3 Å². The Morgan fingerprint density at radius 3 is 2.74 bits per heavy atom. The monoisotopic (exact) mass is 280 g/mol. The smallest absolute Gasteiger partial charge is 0.129 e. The summed E-state index contributed by atoms with van der Waals surface area (Å²) in [7, 11) is 1.61. The van der Waals surface area contributed by atoms with Gasteiger partial charge in [0.1, 0.15) is 10.7 Å². The average molecular weight is 280 g/mol. The maximum atomic E-state index is 9.50. The van der Waals surface area contributed by atoms with Gasteiger partial charge in [0.2, 0.25) is 0 Å². The van der Waals surface area contributed by atoms with Gasteiger partial charge >= 0.3 is 0 Å². The molecule has 4 nitrogen and oxygen atoms in total. The molecule has 0 bridgehead atoms. The molecule has 0 unspecified atom stereocenters. The zero-order valence-corrected chi connectivity index (χ0v) is 11.9. The van der Waals surface area contributed by atoms with Gasteiger partial charge in [-0.3, -0.25) is 4.90 Å². The number of benzene rings is 1. The third-order valence-electron chi connectivity index (χ3n) is 3.49. The van der Waals surface area contributed by atoms with E-state index in [1.54, 1.807) is 7.11 Å². The number of rotatable bonds is 4. The maximum absolute atomic E-state index is 9.50. The van der Waals surface area contributed by atoms with Gasteiger partial charge in [-0.25, -0.2) is 0 Å². The van der Waals surface area contributed by atoms with Crippen LogP contribution in [0.4, 0.5) is 0 Å². The third-order valence-corrected chi connectivity index (χ3v) is 3.71. The topological polar surface area (TPSA) is 58.7 Å². The number of ether oxygens (including phenoxy) is 1. The van der Waals surface area contributed by atoms with Crippen LogP contribution in [0.3, 0.4) is 0 Å². The Morgan fingerprint density at radius 2 is 2.16 bits per heavy atom. The lowest BCUT2D eigenvalue weighted by molar-refractivity contribution is 0.0792. The summed E-state index contributed by atoms with van der Waals surface area (Å²) in [5, 5.41) is 9.50. The van der Waals surface area contributed by atoms with Crippen molar-refractivity contribution in [3.8, 4) is 5.75 Å². The van der Waals surface area contributed by atoms with Crippen LogP contribution in [0.25, 0.3) is 0 Å². The number of nitrogens with two attached hydrogens (primary N) is 1. The lowest BCUT2D eigenvalue weighted by atomic mass is 10.1. The lowest BCUT2D eigenvalue weighted by Crippen LogP contribution is -2.35. The molecule has 1 aromatic carbocycles. The highest BCUT2D eigenvalue weighted by atomic mass is 32.1. The van der Waals surface area contributed by atoms with Crippen molar-refractivity contribution >= 4 is 17.2 Å². The van der Waals surface area contributed by atoms with E-state index in [4.69, 9.17) is 22.7 Å². The van der Waals surface area contributed by atoms with Gasteiger partial charge in [-0.15, -0.1) is 0 Å². The molecule has 2 rings (SSSR count). The molecule has 0 saturated carbocycles. The van der Waals surface area contributed by atoms with Gasteiger partial charge in [0.15, 0.2) is 0 Å². The van der Waals surface area contributed by atoms with Crippen LogP contribution in [0.1, 0.15) is 24.0 Å². The molecule has 0 aliphatic carbocycles. The average Bonchev–Trinajstić information content (AvgIpc) is 2.41. The zero-order valence-electron chi connectivity index (χ0n) is 11.1. The fourth-order valence-electron chi connectivity index (χ4n) is 2.38. The molecule has 0 radical (unpaired) electrons. The number of methoxy groups -OCH3 is 1. The van der Waals surface area contributed by atoms with Crippen molar-refractivity contribution in [2.75, 3.05) is 20.2 Å². The normalized spacial score (nSPS) is 17.4. The summed E-state index contributed by atoms with van der Waals surface area (Å²) in [6, 6.07) is 5.93. The van der Waals surface area contributed by atoms with E-state index in [9.17, 15) is 5.11 Å². The van der Waals surface area contributed by atoms with Gasteiger partial charge in [0.25, 0.3) is 0 Å². The van der Waals surface area contributed by atoms with Gasteiger partial charge in [0, 0.05) is 19.6 Å². The molecule has 0 amide bonds. The third kappa shape index (κ3) is 3.65. The van der Waals surface area contributed by atoms with E-state index in [1.807, 2.05) is 18.2 Å². The molecule has 5 heteroatoms. The van der Waals surface area contributed by atoms with Crippen LogP contribution in [0.15, 0.2) is 18.2 Å². The van der Waals surface area contributed by atoms with Crippen molar-refractivity contribution < 1.29 is 9.84 Å². The maximum Gasteiger partial charge on any atom is 0.129 e. The van der Waals surface area contributed by atoms with Crippen LogP contribution in [0.2, 0.25) is 0 Å². The molecule has 1 aromatic rings. The zero-order chi connectivity index (χ0) is 13.8. The number of aliphatic hydroxyl groups excluding tert-OH is 1. The first kappa shape index (κ1) is 14.2. The highest BCUT2D eigenvalue weighted by Gasteiger charge is 2.17. The van der Waals surface area contributed by atoms with Gasteiger partial charge in [0.05, 0.1) is 18.8 Å². The van der Waals surface area contributed by atoms with Crippen LogP contribution < -0.4 is 10.5 Å². The summed E-state index contributed by atoms with van der Waals surface area (Å²) >= 11 is 5.05. The molecule has 104 valence electrons. The van der Waals surface area contributed by atoms with E-state index < -0.39 is 0 Å². The Hall–Kier alpha value is -1.17. The molecule has 1 aliphatic heterocycles. The van der Waals surface area contributed by atoms with Crippen molar-refractivity contribution in [1.82, 2.24) is 4.90 Å². The van der Waals surface area contributed by atoms with Gasteiger partial charge in [-0.05, 0) is 30.5 Å². The first-order valence-corrected chi connectivity index (χ1v) is 6.88. The summed E-state index contributed by atoms with van der Waals surface area (Å²) in [5.74, 6) is 0.713. The molecule has 3 N–H and O–H groups in total. The van der Waals surface area contributed by atoms with E-state index in [-0.39, 0.29) is 6.10 Å². The first-order chi connectivity index (χ1) is 9.10. The first-order valence-electron chi connectivity index (χ1n) is 6.47. The molecule has 1 saturated heterocycles. The number of nitrogens with zero attached hydrogens (tertiary/aromatic N) is 1. The van der Waals surface area contributed by atoms with Gasteiger partial charge in [-0.1, -0.05) is 18.3 Å². The van der Waals surface area contributed by atoms with Crippen molar-refractivity contribution in [3.63, 3.8) is 0 Å². The van der Waals surface area contributed by atoms with E-state index in [2.05, 4.69) is 4.90 Å². The highest BCUT2D eigenvalue weighted by molar-refractivity contribution is 7.80. The van der Waals surface area contributed by atoms with Crippen LogP contribution >= 0.6 is 12.2 Å². The molecule has 0 atom stereocenters. The van der Waals surface area contributed by atoms with Gasteiger partial charge in [-0.2, -0.15) is 0 Å².